The van der Waals surface area contributed by atoms with Gasteiger partial charge in [-0.2, -0.15) is 5.10 Å². The van der Waals surface area contributed by atoms with Crippen LogP contribution in [0.2, 0.25) is 0 Å². The molecule has 0 atom stereocenters. The van der Waals surface area contributed by atoms with Gasteiger partial charge in [0.25, 0.3) is 5.91 Å². The number of benzene rings is 1. The molecule has 0 bridgehead atoms. The lowest BCUT2D eigenvalue weighted by molar-refractivity contribution is -0.147. The van der Waals surface area contributed by atoms with Crippen molar-refractivity contribution in [3.8, 4) is 5.69 Å². The summed E-state index contributed by atoms with van der Waals surface area (Å²) >= 11 is 0. The van der Waals surface area contributed by atoms with Gasteiger partial charge in [0.1, 0.15) is 5.82 Å². The molecule has 1 aromatic carbocycles. The summed E-state index contributed by atoms with van der Waals surface area (Å²) in [6.45, 7) is -0.262. The van der Waals surface area contributed by atoms with Crippen LogP contribution in [0.25, 0.3) is 5.69 Å². The van der Waals surface area contributed by atoms with Gasteiger partial charge in [-0.3, -0.25) is 9.59 Å². The average molecular weight is 381 g/mol. The normalized spacial score (nSPS) is 16.9. The SMILES string of the molecule is O=C(COC(=O)CCC1CCCC1)Nc1cc(C2CC2)nn1-c1ccccc1. The van der Waals surface area contributed by atoms with Gasteiger partial charge in [0.15, 0.2) is 6.61 Å². The van der Waals surface area contributed by atoms with Crippen LogP contribution < -0.4 is 5.32 Å². The van der Waals surface area contributed by atoms with E-state index in [2.05, 4.69) is 10.4 Å². The van der Waals surface area contributed by atoms with E-state index in [1.165, 1.54) is 25.7 Å². The first-order valence-corrected chi connectivity index (χ1v) is 10.3. The molecule has 2 fully saturated rings. The minimum Gasteiger partial charge on any atom is -0.456 e. The smallest absolute Gasteiger partial charge is 0.306 e. The molecule has 2 aliphatic rings. The quantitative estimate of drug-likeness (QED) is 0.696. The van der Waals surface area contributed by atoms with Crippen molar-refractivity contribution in [2.45, 2.75) is 57.3 Å². The molecular weight excluding hydrogens is 354 g/mol. The Morgan fingerprint density at radius 1 is 1.11 bits per heavy atom. The van der Waals surface area contributed by atoms with Crippen LogP contribution in [0.5, 0.6) is 0 Å². The Morgan fingerprint density at radius 2 is 1.86 bits per heavy atom. The lowest BCUT2D eigenvalue weighted by atomic mass is 10.0. The highest BCUT2D eigenvalue weighted by Crippen LogP contribution is 2.40. The van der Waals surface area contributed by atoms with Gasteiger partial charge in [0.2, 0.25) is 0 Å². The molecule has 2 aromatic rings. The molecule has 1 heterocycles. The molecule has 28 heavy (non-hydrogen) atoms. The summed E-state index contributed by atoms with van der Waals surface area (Å²) < 4.78 is 6.91. The lowest BCUT2D eigenvalue weighted by Gasteiger charge is -2.10. The van der Waals surface area contributed by atoms with Crippen molar-refractivity contribution in [1.29, 1.82) is 0 Å². The first-order valence-electron chi connectivity index (χ1n) is 10.3. The van der Waals surface area contributed by atoms with E-state index >= 15 is 0 Å². The van der Waals surface area contributed by atoms with Gasteiger partial charge >= 0.3 is 5.97 Å². The second kappa shape index (κ2) is 8.59. The molecule has 0 radical (unpaired) electrons. The van der Waals surface area contributed by atoms with Gasteiger partial charge in [-0.1, -0.05) is 43.9 Å². The fraction of sp³-hybridized carbons (Fsp3) is 0.500. The number of carbonyl (C=O) groups excluding carboxylic acids is 2. The standard InChI is InChI=1S/C22H27N3O3/c26-21(15-28-22(27)13-10-16-6-4-5-7-16)23-20-14-19(17-11-12-17)24-25(20)18-8-2-1-3-9-18/h1-3,8-9,14,16-17H,4-7,10-13,15H2,(H,23,26). The van der Waals surface area contributed by atoms with Crippen LogP contribution in [0, 0.1) is 5.92 Å². The van der Waals surface area contributed by atoms with E-state index in [1.54, 1.807) is 4.68 Å². The topological polar surface area (TPSA) is 73.2 Å². The molecule has 4 rings (SSSR count). The number of ether oxygens (including phenoxy) is 1. The summed E-state index contributed by atoms with van der Waals surface area (Å²) in [5.74, 6) is 1.10. The van der Waals surface area contributed by atoms with Gasteiger partial charge < -0.3 is 10.1 Å². The highest BCUT2D eigenvalue weighted by atomic mass is 16.5. The molecule has 0 saturated heterocycles. The van der Waals surface area contributed by atoms with Crippen molar-refractivity contribution >= 4 is 17.7 Å². The van der Waals surface area contributed by atoms with E-state index < -0.39 is 0 Å². The second-order valence-electron chi connectivity index (χ2n) is 7.87. The van der Waals surface area contributed by atoms with Crippen LogP contribution in [0.3, 0.4) is 0 Å². The third-order valence-corrected chi connectivity index (χ3v) is 5.59. The van der Waals surface area contributed by atoms with Gasteiger partial charge in [-0.25, -0.2) is 4.68 Å². The van der Waals surface area contributed by atoms with Crippen molar-refractivity contribution in [1.82, 2.24) is 9.78 Å². The van der Waals surface area contributed by atoms with E-state index in [9.17, 15) is 9.59 Å². The number of amides is 1. The fourth-order valence-corrected chi connectivity index (χ4v) is 3.85. The first kappa shape index (κ1) is 18.7. The highest BCUT2D eigenvalue weighted by molar-refractivity contribution is 5.92. The number of esters is 1. The third kappa shape index (κ3) is 4.80. The van der Waals surface area contributed by atoms with Crippen molar-refractivity contribution in [2.24, 2.45) is 5.92 Å². The zero-order valence-electron chi connectivity index (χ0n) is 16.1. The average Bonchev–Trinajstić information content (AvgIpc) is 3.27. The number of carbonyl (C=O) groups is 2. The van der Waals surface area contributed by atoms with Crippen LogP contribution in [-0.2, 0) is 14.3 Å². The summed E-state index contributed by atoms with van der Waals surface area (Å²) in [7, 11) is 0. The molecular formula is C22H27N3O3. The fourth-order valence-electron chi connectivity index (χ4n) is 3.85. The maximum atomic E-state index is 12.3. The third-order valence-electron chi connectivity index (χ3n) is 5.59. The summed E-state index contributed by atoms with van der Waals surface area (Å²) in [5, 5.41) is 7.51. The number of hydrogen-bond acceptors (Lipinski definition) is 4. The Kier molecular flexibility index (Phi) is 5.74. The molecule has 0 aliphatic heterocycles. The number of hydrogen-bond donors (Lipinski definition) is 1. The molecule has 0 spiro atoms. The van der Waals surface area contributed by atoms with Crippen molar-refractivity contribution < 1.29 is 14.3 Å². The molecule has 148 valence electrons. The number of para-hydroxylation sites is 1. The first-order chi connectivity index (χ1) is 13.7. The zero-order chi connectivity index (χ0) is 19.3. The second-order valence-corrected chi connectivity index (χ2v) is 7.87. The van der Waals surface area contributed by atoms with E-state index in [0.717, 1.165) is 30.6 Å². The summed E-state index contributed by atoms with van der Waals surface area (Å²) in [5.41, 5.74) is 1.88. The molecule has 0 unspecified atom stereocenters. The highest BCUT2D eigenvalue weighted by Gasteiger charge is 2.28. The van der Waals surface area contributed by atoms with E-state index in [0.29, 0.717) is 24.1 Å². The van der Waals surface area contributed by atoms with Crippen molar-refractivity contribution in [3.63, 3.8) is 0 Å². The van der Waals surface area contributed by atoms with E-state index in [1.807, 2.05) is 36.4 Å². The van der Waals surface area contributed by atoms with Gasteiger partial charge in [-0.05, 0) is 37.3 Å². The maximum Gasteiger partial charge on any atom is 0.306 e. The van der Waals surface area contributed by atoms with Gasteiger partial charge in [0.05, 0.1) is 11.4 Å². The number of rotatable bonds is 8. The van der Waals surface area contributed by atoms with Crippen molar-refractivity contribution in [3.05, 3.63) is 42.1 Å². The van der Waals surface area contributed by atoms with Crippen LogP contribution in [0.1, 0.15) is 63.0 Å². The zero-order valence-corrected chi connectivity index (χ0v) is 16.1. The number of nitrogens with zero attached hydrogens (tertiary/aromatic N) is 2. The maximum absolute atomic E-state index is 12.3. The van der Waals surface area contributed by atoms with Gasteiger partial charge in [0, 0.05) is 18.4 Å². The molecule has 1 N–H and O–H groups in total. The number of anilines is 1. The van der Waals surface area contributed by atoms with Crippen LogP contribution in [0.15, 0.2) is 36.4 Å². The molecule has 6 heteroatoms. The van der Waals surface area contributed by atoms with Gasteiger partial charge in [-0.15, -0.1) is 0 Å². The Hall–Kier alpha value is -2.63. The number of nitrogens with one attached hydrogen (secondary N) is 1. The largest absolute Gasteiger partial charge is 0.456 e. The minimum atomic E-state index is -0.339. The van der Waals surface area contributed by atoms with Crippen LogP contribution in [-0.4, -0.2) is 28.3 Å². The van der Waals surface area contributed by atoms with E-state index in [-0.39, 0.29) is 18.5 Å². The number of aromatic nitrogens is 2. The predicted molar refractivity (Wildman–Crippen MR) is 106 cm³/mol. The Labute approximate surface area is 165 Å². The summed E-state index contributed by atoms with van der Waals surface area (Å²) in [6, 6.07) is 11.6. The van der Waals surface area contributed by atoms with Crippen LogP contribution >= 0.6 is 0 Å². The molecule has 1 aromatic heterocycles. The molecule has 2 saturated carbocycles. The Balaban J connectivity index is 1.33. The Morgan fingerprint density at radius 3 is 2.57 bits per heavy atom. The molecule has 1 amide bonds. The summed E-state index contributed by atoms with van der Waals surface area (Å²) in [6.07, 6.45) is 8.48. The molecule has 2 aliphatic carbocycles. The van der Waals surface area contributed by atoms with Crippen molar-refractivity contribution in [2.75, 3.05) is 11.9 Å². The summed E-state index contributed by atoms with van der Waals surface area (Å²) in [4.78, 5) is 24.3. The van der Waals surface area contributed by atoms with E-state index in [4.69, 9.17) is 4.74 Å². The molecule has 6 nitrogen and oxygen atoms in total. The lowest BCUT2D eigenvalue weighted by Crippen LogP contribution is -2.22. The van der Waals surface area contributed by atoms with Crippen LogP contribution in [0.4, 0.5) is 5.82 Å². The minimum absolute atomic E-state index is 0.262. The Bertz CT molecular complexity index is 821. The monoisotopic (exact) mass is 381 g/mol. The predicted octanol–water partition coefficient (Wildman–Crippen LogP) is 4.20.